The standard InChI is InChI=1S/C3H6O.Al.3H/c1-2-3-4;;;;/h3H,2H2,1H3;;;;. The lowest BCUT2D eigenvalue weighted by molar-refractivity contribution is -0.107. The number of rotatable bonds is 1. The molecule has 0 aromatic rings. The zero-order valence-corrected chi connectivity index (χ0v) is 2.69. The summed E-state index contributed by atoms with van der Waals surface area (Å²) in [4.78, 5) is 9.17. The molecule has 0 aromatic heterocycles. The van der Waals surface area contributed by atoms with Crippen LogP contribution in [0.2, 0.25) is 0 Å². The van der Waals surface area contributed by atoms with E-state index in [4.69, 9.17) is 0 Å². The predicted molar refractivity (Wildman–Crippen MR) is 26.3 cm³/mol. The molecule has 0 aliphatic heterocycles. The van der Waals surface area contributed by atoms with Gasteiger partial charge in [-0.05, 0) is 0 Å². The van der Waals surface area contributed by atoms with Crippen LogP contribution in [0.15, 0.2) is 0 Å². The second-order valence-corrected chi connectivity index (χ2v) is 0.575. The molecule has 0 saturated heterocycles. The van der Waals surface area contributed by atoms with Crippen LogP contribution in [0.25, 0.3) is 0 Å². The van der Waals surface area contributed by atoms with Crippen LogP contribution in [0.4, 0.5) is 0 Å². The van der Waals surface area contributed by atoms with Gasteiger partial charge in [-0.3, -0.25) is 0 Å². The molecule has 0 aliphatic carbocycles. The van der Waals surface area contributed by atoms with Crippen molar-refractivity contribution in [2.75, 3.05) is 0 Å². The molecule has 0 aromatic carbocycles. The summed E-state index contributed by atoms with van der Waals surface area (Å²) in [6, 6.07) is 0. The van der Waals surface area contributed by atoms with Gasteiger partial charge in [-0.2, -0.15) is 0 Å². The number of aldehydes is 1. The van der Waals surface area contributed by atoms with Gasteiger partial charge >= 0.3 is 0 Å². The Morgan fingerprint density at radius 2 is 2.00 bits per heavy atom. The molecule has 2 heteroatoms. The molecule has 0 aliphatic rings. The minimum atomic E-state index is 0. The quantitative estimate of drug-likeness (QED) is 0.309. The summed E-state index contributed by atoms with van der Waals surface area (Å²) < 4.78 is 0. The average molecular weight is 88.1 g/mol. The summed E-state index contributed by atoms with van der Waals surface area (Å²) >= 11 is 0. The molecule has 0 saturated carbocycles. The smallest absolute Gasteiger partial charge is 0.187 e. The van der Waals surface area contributed by atoms with Gasteiger partial charge in [-0.1, -0.05) is 6.92 Å². The Balaban J connectivity index is 0. The molecule has 0 rings (SSSR count). The predicted octanol–water partition coefficient (Wildman–Crippen LogP) is -0.589. The van der Waals surface area contributed by atoms with Crippen LogP contribution in [0.1, 0.15) is 13.3 Å². The van der Waals surface area contributed by atoms with Gasteiger partial charge in [0.1, 0.15) is 6.29 Å². The Labute approximate surface area is 42.5 Å². The summed E-state index contributed by atoms with van der Waals surface area (Å²) in [5.41, 5.74) is 0. The van der Waals surface area contributed by atoms with E-state index in [1.54, 1.807) is 0 Å². The molecule has 0 radical (unpaired) electrons. The monoisotopic (exact) mass is 88.0 g/mol. The molecule has 0 heterocycles. The molecular weight excluding hydrogens is 79.0 g/mol. The summed E-state index contributed by atoms with van der Waals surface area (Å²) in [6.45, 7) is 1.81. The van der Waals surface area contributed by atoms with Crippen molar-refractivity contribution in [3.8, 4) is 0 Å². The molecule has 0 fully saturated rings. The van der Waals surface area contributed by atoms with Gasteiger partial charge < -0.3 is 4.79 Å². The maximum Gasteiger partial charge on any atom is 0.187 e. The fraction of sp³-hybridized carbons (Fsp3) is 0.667. The summed E-state index contributed by atoms with van der Waals surface area (Å²) in [5.74, 6) is 0. The van der Waals surface area contributed by atoms with Gasteiger partial charge in [0.05, 0.1) is 0 Å². The van der Waals surface area contributed by atoms with E-state index in [2.05, 4.69) is 0 Å². The van der Waals surface area contributed by atoms with Gasteiger partial charge in [-0.25, -0.2) is 0 Å². The first-order chi connectivity index (χ1) is 1.91. The second-order valence-electron chi connectivity index (χ2n) is 0.575. The van der Waals surface area contributed by atoms with Gasteiger partial charge in [0.2, 0.25) is 0 Å². The first-order valence-corrected chi connectivity index (χ1v) is 1.35. The molecule has 0 unspecified atom stereocenters. The van der Waals surface area contributed by atoms with Crippen molar-refractivity contribution in [2.45, 2.75) is 13.3 Å². The highest BCUT2D eigenvalue weighted by molar-refractivity contribution is 5.75. The van der Waals surface area contributed by atoms with Crippen LogP contribution in [0, 0.1) is 0 Å². The molecule has 0 amide bonds. The maximum atomic E-state index is 9.17. The highest BCUT2D eigenvalue weighted by atomic mass is 27.0. The Hall–Kier alpha value is 0.202. The van der Waals surface area contributed by atoms with E-state index >= 15 is 0 Å². The molecular formula is C3H9AlO. The number of hydrogen-bond acceptors (Lipinski definition) is 1. The second kappa shape index (κ2) is 8.88. The van der Waals surface area contributed by atoms with E-state index in [0.717, 1.165) is 6.29 Å². The molecule has 1 nitrogen and oxygen atoms in total. The first kappa shape index (κ1) is 8.96. The maximum absolute atomic E-state index is 9.17. The molecule has 0 bridgehead atoms. The lowest BCUT2D eigenvalue weighted by Gasteiger charge is -1.51. The molecule has 0 spiro atoms. The highest BCUT2D eigenvalue weighted by Crippen LogP contribution is 1.53. The summed E-state index contributed by atoms with van der Waals surface area (Å²) in [6.07, 6.45) is 1.51. The molecule has 30 valence electrons. The summed E-state index contributed by atoms with van der Waals surface area (Å²) in [5, 5.41) is 0. The van der Waals surface area contributed by atoms with Crippen molar-refractivity contribution < 1.29 is 4.79 Å². The van der Waals surface area contributed by atoms with Crippen LogP contribution in [0.3, 0.4) is 0 Å². The van der Waals surface area contributed by atoms with Crippen molar-refractivity contribution >= 4 is 23.6 Å². The van der Waals surface area contributed by atoms with Gasteiger partial charge in [0, 0.05) is 6.42 Å². The lowest BCUT2D eigenvalue weighted by atomic mass is 10.6. The number of carbonyl (C=O) groups excluding carboxylic acids is 1. The van der Waals surface area contributed by atoms with E-state index in [9.17, 15) is 4.79 Å². The fourth-order valence-electron chi connectivity index (χ4n) is 0. The average Bonchev–Trinajstić information content (AvgIpc) is 1.37. The largest absolute Gasteiger partial charge is 0.303 e. The molecule has 5 heavy (non-hydrogen) atoms. The van der Waals surface area contributed by atoms with Gasteiger partial charge in [0.25, 0.3) is 0 Å². The zero-order valence-electron chi connectivity index (χ0n) is 2.69. The Bertz CT molecular complexity index is 20.9. The van der Waals surface area contributed by atoms with E-state index in [0.29, 0.717) is 6.42 Å². The topological polar surface area (TPSA) is 17.1 Å². The Morgan fingerprint density at radius 1 is 1.80 bits per heavy atom. The molecule has 0 N–H and O–H groups in total. The van der Waals surface area contributed by atoms with Crippen LogP contribution < -0.4 is 0 Å². The van der Waals surface area contributed by atoms with Crippen molar-refractivity contribution in [1.29, 1.82) is 0 Å². The van der Waals surface area contributed by atoms with Crippen LogP contribution in [0.5, 0.6) is 0 Å². The van der Waals surface area contributed by atoms with E-state index in [1.807, 2.05) is 6.92 Å². The third-order valence-corrected chi connectivity index (χ3v) is 0.167. The third-order valence-electron chi connectivity index (χ3n) is 0.167. The lowest BCUT2D eigenvalue weighted by Crippen LogP contribution is -1.55. The van der Waals surface area contributed by atoms with Crippen LogP contribution >= 0.6 is 0 Å². The highest BCUT2D eigenvalue weighted by Gasteiger charge is 1.52. The van der Waals surface area contributed by atoms with Crippen LogP contribution in [-0.4, -0.2) is 23.6 Å². The van der Waals surface area contributed by atoms with Gasteiger partial charge in [-0.15, -0.1) is 0 Å². The van der Waals surface area contributed by atoms with Crippen molar-refractivity contribution in [2.24, 2.45) is 0 Å². The van der Waals surface area contributed by atoms with Gasteiger partial charge in [0.15, 0.2) is 17.4 Å². The van der Waals surface area contributed by atoms with E-state index in [-0.39, 0.29) is 17.4 Å². The fourth-order valence-corrected chi connectivity index (χ4v) is 0. The van der Waals surface area contributed by atoms with Crippen molar-refractivity contribution in [1.82, 2.24) is 0 Å². The number of carbonyl (C=O) groups is 1. The van der Waals surface area contributed by atoms with Crippen LogP contribution in [-0.2, 0) is 4.79 Å². The Kier molecular flexibility index (Phi) is 15.9. The zero-order chi connectivity index (χ0) is 3.41. The number of hydrogen-bond donors (Lipinski definition) is 0. The van der Waals surface area contributed by atoms with E-state index in [1.165, 1.54) is 0 Å². The van der Waals surface area contributed by atoms with E-state index < -0.39 is 0 Å². The third kappa shape index (κ3) is 14.1. The SMILES string of the molecule is CCC=O.[AlH3]. The van der Waals surface area contributed by atoms with Crippen molar-refractivity contribution in [3.63, 3.8) is 0 Å². The normalized spacial score (nSPS) is 5.00. The Morgan fingerprint density at radius 3 is 2.00 bits per heavy atom. The van der Waals surface area contributed by atoms with Crippen molar-refractivity contribution in [3.05, 3.63) is 0 Å². The minimum Gasteiger partial charge on any atom is -0.303 e. The minimum absolute atomic E-state index is 0. The first-order valence-electron chi connectivity index (χ1n) is 1.35. The molecule has 0 atom stereocenters. The summed E-state index contributed by atoms with van der Waals surface area (Å²) in [7, 11) is 0.